The largest absolute Gasteiger partial charge is 0.390 e. The standard InChI is InChI=1S/C12H18Cl3N3O6.C12H17Cl2N3O6.C12H16ClN3O6/c13-1-7(19)4-16-10(22)17(5-8(20)2-14)12(24)18(11(16)23)6-9(21)3-15;13-1-7(18)3-15-10(20)16(4-8(19)2-14)12(22)17(11(15)21)5-9-6-23-9;13-1-7(17)2-14-10(18)15(3-8-5-21-8)12(20)16(11(14)19)4-9-6-22-9/h7-9,19-21H,1-6H2;7-9,18-19H,1-6H2;7-9,17H,1-6H2. The van der Waals surface area contributed by atoms with Crippen molar-refractivity contribution in [3.05, 3.63) is 94.4 Å². The van der Waals surface area contributed by atoms with Crippen molar-refractivity contribution in [2.45, 2.75) is 114 Å². The molecular formula is C36H51Cl6N9O18. The van der Waals surface area contributed by atoms with E-state index < -0.39 is 107 Å². The van der Waals surface area contributed by atoms with Gasteiger partial charge in [0, 0.05) is 0 Å². The Kier molecular flexibility index (Phi) is 22.7. The van der Waals surface area contributed by atoms with Gasteiger partial charge in [0.1, 0.15) is 0 Å². The molecule has 9 unspecified atom stereocenters. The Hall–Kier alpha value is -3.39. The van der Waals surface area contributed by atoms with Gasteiger partial charge in [-0.05, 0) is 0 Å². The first-order chi connectivity index (χ1) is 32.7. The van der Waals surface area contributed by atoms with Crippen LogP contribution in [-0.4, -0.2) is 182 Å². The van der Waals surface area contributed by atoms with Gasteiger partial charge < -0.3 is 44.8 Å². The Morgan fingerprint density at radius 2 is 0.449 bits per heavy atom. The summed E-state index contributed by atoms with van der Waals surface area (Å²) in [6.07, 6.45) is -7.57. The molecule has 9 atom stereocenters. The third kappa shape index (κ3) is 16.1. The zero-order valence-corrected chi connectivity index (χ0v) is 40.8. The van der Waals surface area contributed by atoms with Crippen LogP contribution in [0.1, 0.15) is 0 Å². The van der Waals surface area contributed by atoms with E-state index in [0.717, 1.165) is 27.4 Å². The third-order valence-electron chi connectivity index (χ3n) is 9.95. The van der Waals surface area contributed by atoms with Crippen LogP contribution in [0.15, 0.2) is 43.2 Å². The first-order valence-corrected chi connectivity index (χ1v) is 24.0. The highest BCUT2D eigenvalue weighted by atomic mass is 35.5. The second kappa shape index (κ2) is 26.9. The quantitative estimate of drug-likeness (QED) is 0.0359. The van der Waals surface area contributed by atoms with Gasteiger partial charge >= 0.3 is 51.2 Å². The molecule has 0 radical (unpaired) electrons. The lowest BCUT2D eigenvalue weighted by molar-refractivity contribution is 0.149. The van der Waals surface area contributed by atoms with Crippen LogP contribution in [0, 0.1) is 0 Å². The van der Waals surface area contributed by atoms with E-state index in [1.807, 2.05) is 0 Å². The molecule has 3 aliphatic heterocycles. The van der Waals surface area contributed by atoms with Crippen LogP contribution in [0.4, 0.5) is 0 Å². The minimum absolute atomic E-state index is 0.00805. The van der Waals surface area contributed by atoms with Crippen molar-refractivity contribution in [2.75, 3.05) is 55.1 Å². The van der Waals surface area contributed by atoms with Crippen LogP contribution in [0.3, 0.4) is 0 Å². The van der Waals surface area contributed by atoms with Gasteiger partial charge in [0.2, 0.25) is 0 Å². The lowest BCUT2D eigenvalue weighted by Gasteiger charge is -2.17. The number of epoxide rings is 3. The van der Waals surface area contributed by atoms with Crippen molar-refractivity contribution >= 4 is 69.6 Å². The molecule has 0 spiro atoms. The molecule has 6 N–H and O–H groups in total. The number of nitrogens with zero attached hydrogens (tertiary/aromatic N) is 9. The Balaban J connectivity index is 0.000000225. The lowest BCUT2D eigenvalue weighted by atomic mass is 10.4. The number of halogens is 6. The number of aromatic nitrogens is 9. The molecule has 0 aromatic carbocycles. The zero-order valence-electron chi connectivity index (χ0n) is 36.3. The van der Waals surface area contributed by atoms with Crippen LogP contribution in [0.5, 0.6) is 0 Å². The smallest absolute Gasteiger partial charge is 0.336 e. The first kappa shape index (κ1) is 58.2. The molecule has 69 heavy (non-hydrogen) atoms. The van der Waals surface area contributed by atoms with Crippen molar-refractivity contribution in [3.8, 4) is 0 Å². The summed E-state index contributed by atoms with van der Waals surface area (Å²) >= 11 is 32.9. The number of rotatable bonds is 24. The van der Waals surface area contributed by atoms with E-state index in [4.69, 9.17) is 83.8 Å². The van der Waals surface area contributed by atoms with Crippen molar-refractivity contribution in [1.29, 1.82) is 0 Å². The van der Waals surface area contributed by atoms with Gasteiger partial charge in [0.05, 0.1) is 169 Å². The van der Waals surface area contributed by atoms with Gasteiger partial charge in [-0.2, -0.15) is 0 Å². The van der Waals surface area contributed by atoms with Crippen molar-refractivity contribution in [1.82, 2.24) is 41.1 Å². The van der Waals surface area contributed by atoms with Crippen molar-refractivity contribution in [2.24, 2.45) is 0 Å². The summed E-state index contributed by atoms with van der Waals surface area (Å²) in [5.74, 6) is -1.19. The molecule has 3 saturated heterocycles. The van der Waals surface area contributed by atoms with Gasteiger partial charge in [0.15, 0.2) is 0 Å². The molecule has 0 bridgehead atoms. The molecule has 3 fully saturated rings. The van der Waals surface area contributed by atoms with E-state index in [1.165, 1.54) is 0 Å². The molecule has 6 rings (SSSR count). The van der Waals surface area contributed by atoms with Gasteiger partial charge in [-0.3, -0.25) is 0 Å². The normalized spacial score (nSPS) is 19.6. The third-order valence-corrected chi connectivity index (χ3v) is 12.1. The second-order valence-corrected chi connectivity index (χ2v) is 17.6. The minimum Gasteiger partial charge on any atom is -0.390 e. The van der Waals surface area contributed by atoms with E-state index in [1.54, 1.807) is 0 Å². The number of alkyl halides is 6. The van der Waals surface area contributed by atoms with Gasteiger partial charge in [-0.25, -0.2) is 84.3 Å². The fourth-order valence-corrected chi connectivity index (χ4v) is 6.73. The molecule has 390 valence electrons. The van der Waals surface area contributed by atoms with Crippen LogP contribution in [-0.2, 0) is 73.1 Å². The first-order valence-electron chi connectivity index (χ1n) is 20.8. The predicted octanol–water partition coefficient (Wildman–Crippen LogP) is -6.69. The maximum atomic E-state index is 12.4. The molecule has 6 heterocycles. The number of hydrogen-bond acceptors (Lipinski definition) is 18. The maximum Gasteiger partial charge on any atom is 0.336 e. The fraction of sp³-hybridized carbons (Fsp3) is 0.750. The molecule has 33 heteroatoms. The van der Waals surface area contributed by atoms with Gasteiger partial charge in [-0.15, -0.1) is 69.6 Å². The number of aliphatic hydroxyl groups is 6. The Morgan fingerprint density at radius 3 is 0.580 bits per heavy atom. The minimum atomic E-state index is -1.20. The molecule has 0 amide bonds. The number of ether oxygens (including phenoxy) is 3. The van der Waals surface area contributed by atoms with Crippen LogP contribution in [0.2, 0.25) is 0 Å². The van der Waals surface area contributed by atoms with Crippen LogP contribution < -0.4 is 51.2 Å². The molecule has 3 aliphatic rings. The monoisotopic (exact) mass is 1110 g/mol. The Bertz CT molecular complexity index is 2530. The molecule has 0 aliphatic carbocycles. The second-order valence-electron chi connectivity index (χ2n) is 15.8. The average Bonchev–Trinajstić information content (AvgIpc) is 4.19. The highest BCUT2D eigenvalue weighted by molar-refractivity contribution is 6.19. The summed E-state index contributed by atoms with van der Waals surface area (Å²) in [4.78, 5) is 111. The highest BCUT2D eigenvalue weighted by Crippen LogP contribution is 2.11. The molecule has 3 aromatic heterocycles. The molecular weight excluding hydrogens is 1060 g/mol. The van der Waals surface area contributed by atoms with Gasteiger partial charge in [0.25, 0.3) is 0 Å². The molecule has 27 nitrogen and oxygen atoms in total. The van der Waals surface area contributed by atoms with E-state index in [9.17, 15) is 73.8 Å². The fourth-order valence-electron chi connectivity index (χ4n) is 6.14. The summed E-state index contributed by atoms with van der Waals surface area (Å²) in [5, 5.41) is 57.6. The highest BCUT2D eigenvalue weighted by Gasteiger charge is 2.31. The van der Waals surface area contributed by atoms with E-state index >= 15 is 0 Å². The number of aliphatic hydroxyl groups excluding tert-OH is 6. The lowest BCUT2D eigenvalue weighted by Crippen LogP contribution is -2.57. The zero-order chi connectivity index (χ0) is 51.4. The summed E-state index contributed by atoms with van der Waals surface area (Å²) in [7, 11) is 0. The van der Waals surface area contributed by atoms with Crippen molar-refractivity contribution < 1.29 is 44.8 Å². The Labute approximate surface area is 417 Å². The van der Waals surface area contributed by atoms with E-state index in [0.29, 0.717) is 33.5 Å². The average molecular weight is 1110 g/mol. The summed E-state index contributed by atoms with van der Waals surface area (Å²) in [6, 6.07) is 0. The topological polar surface area (TPSA) is 357 Å². The summed E-state index contributed by atoms with van der Waals surface area (Å²) < 4.78 is 21.9. The van der Waals surface area contributed by atoms with Crippen molar-refractivity contribution in [3.63, 3.8) is 0 Å². The predicted molar refractivity (Wildman–Crippen MR) is 247 cm³/mol. The maximum absolute atomic E-state index is 12.4. The van der Waals surface area contributed by atoms with E-state index in [2.05, 4.69) is 0 Å². The Morgan fingerprint density at radius 1 is 0.319 bits per heavy atom. The molecule has 3 aromatic rings. The van der Waals surface area contributed by atoms with Crippen LogP contribution >= 0.6 is 69.6 Å². The van der Waals surface area contributed by atoms with Crippen LogP contribution in [0.25, 0.3) is 0 Å². The molecule has 0 saturated carbocycles. The number of hydrogen-bond donors (Lipinski definition) is 6. The SMILES string of the molecule is O=c1n(CC(O)CCl)c(=O)n(CC(O)CCl)c(=O)n1CC(O)CCl.O=c1n(CC(O)CCl)c(=O)n(CC2CO2)c(=O)n1CC(O)CCl.O=c1n(CC(O)CCl)c(=O)n(CC2CO2)c(=O)n1CC1CO1. The van der Waals surface area contributed by atoms with E-state index in [-0.39, 0.29) is 92.9 Å². The summed E-state index contributed by atoms with van der Waals surface area (Å²) in [6.45, 7) is -0.805. The summed E-state index contributed by atoms with van der Waals surface area (Å²) in [5.41, 5.74) is -7.89. The van der Waals surface area contributed by atoms with Gasteiger partial charge in [-0.1, -0.05) is 0 Å².